The molecule has 2 aromatic carbocycles. The van der Waals surface area contributed by atoms with Gasteiger partial charge in [0, 0.05) is 34.5 Å². The van der Waals surface area contributed by atoms with Gasteiger partial charge in [-0.25, -0.2) is 0 Å². The maximum absolute atomic E-state index is 9.93. The van der Waals surface area contributed by atoms with Gasteiger partial charge in [-0.15, -0.1) is 0 Å². The molecule has 0 aliphatic heterocycles. The van der Waals surface area contributed by atoms with Gasteiger partial charge < -0.3 is 20.3 Å². The second-order valence-electron chi connectivity index (χ2n) is 4.81. The van der Waals surface area contributed by atoms with Crippen LogP contribution in [0.2, 0.25) is 0 Å². The third kappa shape index (κ3) is 3.68. The molecular formula is C16H18BrNO3. The lowest BCUT2D eigenvalue weighted by atomic mass is 10.1. The minimum absolute atomic E-state index is 0.0472. The molecule has 0 spiro atoms. The van der Waals surface area contributed by atoms with E-state index in [1.807, 2.05) is 25.1 Å². The van der Waals surface area contributed by atoms with Gasteiger partial charge in [-0.05, 0) is 31.2 Å². The molecule has 1 unspecified atom stereocenters. The molecule has 0 radical (unpaired) electrons. The predicted octanol–water partition coefficient (Wildman–Crippen LogP) is 4.18. The number of phenolic OH excluding ortho intramolecular Hbond substituents is 2. The van der Waals surface area contributed by atoms with Crippen molar-refractivity contribution in [2.24, 2.45) is 0 Å². The second-order valence-corrected chi connectivity index (χ2v) is 5.66. The van der Waals surface area contributed by atoms with Crippen LogP contribution >= 0.6 is 15.9 Å². The van der Waals surface area contributed by atoms with E-state index in [1.54, 1.807) is 19.2 Å². The van der Waals surface area contributed by atoms with Gasteiger partial charge in [-0.3, -0.25) is 0 Å². The summed E-state index contributed by atoms with van der Waals surface area (Å²) in [6.07, 6.45) is 0. The summed E-state index contributed by atoms with van der Waals surface area (Å²) < 4.78 is 6.19. The smallest absolute Gasteiger partial charge is 0.124 e. The number of hydrogen-bond acceptors (Lipinski definition) is 4. The molecular weight excluding hydrogens is 334 g/mol. The zero-order chi connectivity index (χ0) is 15.4. The Morgan fingerprint density at radius 3 is 2.67 bits per heavy atom. The van der Waals surface area contributed by atoms with Crippen LogP contribution in [0.3, 0.4) is 0 Å². The van der Waals surface area contributed by atoms with E-state index >= 15 is 0 Å². The van der Waals surface area contributed by atoms with Crippen LogP contribution in [0.15, 0.2) is 40.9 Å². The maximum Gasteiger partial charge on any atom is 0.124 e. The molecule has 2 aromatic rings. The van der Waals surface area contributed by atoms with E-state index in [1.165, 1.54) is 6.07 Å². The summed E-state index contributed by atoms with van der Waals surface area (Å²) in [6, 6.07) is 10.4. The standard InChI is InChI=1S/C16H18BrNO3/c1-10(12-7-6-11(19)8-16(12)20)18-15-5-3-4-14(17)13(15)9-21-2/h3-8,10,18-20H,9H2,1-2H3. The van der Waals surface area contributed by atoms with E-state index in [4.69, 9.17) is 4.74 Å². The highest BCUT2D eigenvalue weighted by molar-refractivity contribution is 9.10. The lowest BCUT2D eigenvalue weighted by molar-refractivity contribution is 0.185. The van der Waals surface area contributed by atoms with Crippen molar-refractivity contribution in [2.75, 3.05) is 12.4 Å². The van der Waals surface area contributed by atoms with Gasteiger partial charge in [0.05, 0.1) is 12.6 Å². The van der Waals surface area contributed by atoms with Crippen molar-refractivity contribution in [1.29, 1.82) is 0 Å². The number of phenols is 2. The fourth-order valence-electron chi connectivity index (χ4n) is 2.19. The first kappa shape index (κ1) is 15.7. The van der Waals surface area contributed by atoms with Gasteiger partial charge in [0.2, 0.25) is 0 Å². The molecule has 1 atom stereocenters. The zero-order valence-corrected chi connectivity index (χ0v) is 13.5. The van der Waals surface area contributed by atoms with Crippen molar-refractivity contribution < 1.29 is 14.9 Å². The summed E-state index contributed by atoms with van der Waals surface area (Å²) in [5.41, 5.74) is 2.67. The molecule has 0 bridgehead atoms. The topological polar surface area (TPSA) is 61.7 Å². The van der Waals surface area contributed by atoms with Gasteiger partial charge in [0.25, 0.3) is 0 Å². The van der Waals surface area contributed by atoms with Crippen molar-refractivity contribution in [3.05, 3.63) is 52.0 Å². The molecule has 0 aliphatic rings. The van der Waals surface area contributed by atoms with Crippen LogP contribution in [-0.2, 0) is 11.3 Å². The largest absolute Gasteiger partial charge is 0.508 e. The Labute approximate surface area is 132 Å². The van der Waals surface area contributed by atoms with Crippen LogP contribution in [0, 0.1) is 0 Å². The van der Waals surface area contributed by atoms with Gasteiger partial charge >= 0.3 is 0 Å². The quantitative estimate of drug-likeness (QED) is 0.756. The molecule has 2 rings (SSSR count). The molecule has 0 saturated carbocycles. The molecule has 4 nitrogen and oxygen atoms in total. The summed E-state index contributed by atoms with van der Waals surface area (Å²) >= 11 is 3.52. The molecule has 0 amide bonds. The highest BCUT2D eigenvalue weighted by Crippen LogP contribution is 2.32. The van der Waals surface area contributed by atoms with E-state index in [-0.39, 0.29) is 17.5 Å². The molecule has 0 aromatic heterocycles. The first-order valence-electron chi connectivity index (χ1n) is 6.57. The average molecular weight is 352 g/mol. The number of aromatic hydroxyl groups is 2. The molecule has 0 saturated heterocycles. The van der Waals surface area contributed by atoms with Gasteiger partial charge in [-0.2, -0.15) is 0 Å². The van der Waals surface area contributed by atoms with E-state index in [0.717, 1.165) is 21.3 Å². The Bertz CT molecular complexity index is 631. The number of rotatable bonds is 5. The summed E-state index contributed by atoms with van der Waals surface area (Å²) in [5.74, 6) is 0.115. The number of benzene rings is 2. The fourth-order valence-corrected chi connectivity index (χ4v) is 2.67. The lowest BCUT2D eigenvalue weighted by Gasteiger charge is -2.20. The first-order chi connectivity index (χ1) is 10.0. The minimum atomic E-state index is -0.115. The van der Waals surface area contributed by atoms with Crippen molar-refractivity contribution in [3.8, 4) is 11.5 Å². The van der Waals surface area contributed by atoms with Crippen LogP contribution < -0.4 is 5.32 Å². The average Bonchev–Trinajstić information content (AvgIpc) is 2.42. The molecule has 5 heteroatoms. The van der Waals surface area contributed by atoms with Crippen LogP contribution in [0.5, 0.6) is 11.5 Å². The number of nitrogens with one attached hydrogen (secondary N) is 1. The minimum Gasteiger partial charge on any atom is -0.508 e. The summed E-state index contributed by atoms with van der Waals surface area (Å²) in [4.78, 5) is 0. The zero-order valence-electron chi connectivity index (χ0n) is 11.9. The van der Waals surface area contributed by atoms with Crippen molar-refractivity contribution >= 4 is 21.6 Å². The molecule has 112 valence electrons. The van der Waals surface area contributed by atoms with E-state index < -0.39 is 0 Å². The number of anilines is 1. The molecule has 3 N–H and O–H groups in total. The first-order valence-corrected chi connectivity index (χ1v) is 7.37. The summed E-state index contributed by atoms with van der Waals surface area (Å²) in [5, 5.41) is 22.7. The predicted molar refractivity (Wildman–Crippen MR) is 86.7 cm³/mol. The number of halogens is 1. The van der Waals surface area contributed by atoms with Crippen LogP contribution in [0.1, 0.15) is 24.1 Å². The molecule has 0 heterocycles. The van der Waals surface area contributed by atoms with E-state index in [0.29, 0.717) is 6.61 Å². The molecule has 0 fully saturated rings. The maximum atomic E-state index is 9.93. The van der Waals surface area contributed by atoms with Gasteiger partial charge in [0.15, 0.2) is 0 Å². The Balaban J connectivity index is 2.27. The molecule has 0 aliphatic carbocycles. The Kier molecular flexibility index (Phi) is 5.09. The Morgan fingerprint density at radius 2 is 2.00 bits per heavy atom. The Hall–Kier alpha value is -1.72. The summed E-state index contributed by atoms with van der Waals surface area (Å²) in [6.45, 7) is 2.43. The van der Waals surface area contributed by atoms with Crippen molar-refractivity contribution in [2.45, 2.75) is 19.6 Å². The molecule has 21 heavy (non-hydrogen) atoms. The van der Waals surface area contributed by atoms with Crippen molar-refractivity contribution in [3.63, 3.8) is 0 Å². The second kappa shape index (κ2) is 6.83. The fraction of sp³-hybridized carbons (Fsp3) is 0.250. The Morgan fingerprint density at radius 1 is 1.24 bits per heavy atom. The third-order valence-corrected chi connectivity index (χ3v) is 4.00. The van der Waals surface area contributed by atoms with E-state index in [9.17, 15) is 10.2 Å². The monoisotopic (exact) mass is 351 g/mol. The normalized spacial score (nSPS) is 12.1. The number of methoxy groups -OCH3 is 1. The SMILES string of the molecule is COCc1c(Br)cccc1NC(C)c1ccc(O)cc1O. The van der Waals surface area contributed by atoms with Crippen molar-refractivity contribution in [1.82, 2.24) is 0 Å². The van der Waals surface area contributed by atoms with E-state index in [2.05, 4.69) is 21.2 Å². The highest BCUT2D eigenvalue weighted by atomic mass is 79.9. The number of hydrogen-bond donors (Lipinski definition) is 3. The van der Waals surface area contributed by atoms with Gasteiger partial charge in [-0.1, -0.05) is 22.0 Å². The number of ether oxygens (including phenoxy) is 1. The van der Waals surface area contributed by atoms with Crippen LogP contribution in [0.4, 0.5) is 5.69 Å². The third-order valence-electron chi connectivity index (χ3n) is 3.26. The van der Waals surface area contributed by atoms with Crippen LogP contribution in [0.25, 0.3) is 0 Å². The summed E-state index contributed by atoms with van der Waals surface area (Å²) in [7, 11) is 1.65. The van der Waals surface area contributed by atoms with Gasteiger partial charge in [0.1, 0.15) is 11.5 Å². The lowest BCUT2D eigenvalue weighted by Crippen LogP contribution is -2.09. The van der Waals surface area contributed by atoms with Crippen LogP contribution in [-0.4, -0.2) is 17.3 Å². The highest BCUT2D eigenvalue weighted by Gasteiger charge is 2.14.